The van der Waals surface area contributed by atoms with E-state index < -0.39 is 20.7 Å². The second-order valence-corrected chi connectivity index (χ2v) is 9.04. The van der Waals surface area contributed by atoms with Gasteiger partial charge < -0.3 is 19.8 Å². The van der Waals surface area contributed by atoms with E-state index in [9.17, 15) is 28.7 Å². The third kappa shape index (κ3) is 3.69. The molecule has 1 aliphatic carbocycles. The number of aryl methyl sites for hydroxylation is 1. The van der Waals surface area contributed by atoms with Crippen LogP contribution < -0.4 is 0 Å². The van der Waals surface area contributed by atoms with E-state index in [4.69, 9.17) is 4.74 Å². The van der Waals surface area contributed by atoms with Crippen molar-refractivity contribution in [2.75, 3.05) is 26.3 Å². The first-order valence-electron chi connectivity index (χ1n) is 9.81. The van der Waals surface area contributed by atoms with Crippen molar-refractivity contribution in [3.8, 4) is 0 Å². The summed E-state index contributed by atoms with van der Waals surface area (Å²) in [5.41, 5.74) is 1.00. The summed E-state index contributed by atoms with van der Waals surface area (Å²) in [6.45, 7) is 2.15. The maximum atomic E-state index is 13.1. The summed E-state index contributed by atoms with van der Waals surface area (Å²) in [6.07, 6.45) is 1.41. The number of β-amino-alcohol motifs (C(OH)–C–C–N with tert-alkyl or cyclic N) is 1. The maximum Gasteiger partial charge on any atom is 0.283 e. The average Bonchev–Trinajstić information content (AvgIpc) is 2.75. The van der Waals surface area contributed by atoms with Crippen LogP contribution >= 0.6 is 0 Å². The fraction of sp³-hybridized carbons (Fsp3) is 0.286. The molecule has 0 unspecified atom stereocenters. The van der Waals surface area contributed by atoms with Gasteiger partial charge >= 0.3 is 0 Å². The van der Waals surface area contributed by atoms with Gasteiger partial charge in [-0.3, -0.25) is 10.1 Å². The summed E-state index contributed by atoms with van der Waals surface area (Å²) in [6, 6.07) is 10.2. The van der Waals surface area contributed by atoms with E-state index in [1.807, 2.05) is 0 Å². The van der Waals surface area contributed by atoms with Crippen LogP contribution in [0.2, 0.25) is 0 Å². The van der Waals surface area contributed by atoms with Crippen LogP contribution in [-0.2, 0) is 20.5 Å². The van der Waals surface area contributed by atoms with Gasteiger partial charge in [0.05, 0.1) is 34.4 Å². The second-order valence-electron chi connectivity index (χ2n) is 7.44. The predicted octanol–water partition coefficient (Wildman–Crippen LogP) is 1.45. The Kier molecular flexibility index (Phi) is 5.59. The summed E-state index contributed by atoms with van der Waals surface area (Å²) in [7, 11) is -4.31. The molecule has 2 aliphatic rings. The molecule has 0 spiro atoms. The molecule has 0 amide bonds. The number of aliphatic hydroxyl groups is 2. The van der Waals surface area contributed by atoms with Crippen LogP contribution in [0.4, 0.5) is 5.69 Å². The number of aliphatic hydroxyl groups excluding tert-OH is 1. The monoisotopic (exact) mass is 459 g/mol. The molecule has 168 valence electrons. The van der Waals surface area contributed by atoms with E-state index >= 15 is 0 Å². The van der Waals surface area contributed by atoms with Gasteiger partial charge in [-0.25, -0.2) is 0 Å². The molecule has 0 radical (unpaired) electrons. The van der Waals surface area contributed by atoms with Gasteiger partial charge in [-0.2, -0.15) is 12.8 Å². The fourth-order valence-corrected chi connectivity index (χ4v) is 4.90. The Labute approximate surface area is 184 Å². The number of nitro groups is 1. The van der Waals surface area contributed by atoms with Crippen molar-refractivity contribution in [2.45, 2.75) is 17.6 Å². The van der Waals surface area contributed by atoms with Crippen molar-refractivity contribution in [3.63, 3.8) is 0 Å². The van der Waals surface area contributed by atoms with Crippen LogP contribution in [0.3, 0.4) is 0 Å². The smallest absolute Gasteiger partial charge is 0.283 e. The number of benzene rings is 2. The third-order valence-electron chi connectivity index (χ3n) is 5.47. The van der Waals surface area contributed by atoms with E-state index in [1.54, 1.807) is 29.2 Å². The minimum atomic E-state index is -4.31. The van der Waals surface area contributed by atoms with Gasteiger partial charge in [0.15, 0.2) is 0 Å². The summed E-state index contributed by atoms with van der Waals surface area (Å²) >= 11 is 0. The Balaban J connectivity index is 1.88. The van der Waals surface area contributed by atoms with Crippen LogP contribution in [0, 0.1) is 17.0 Å². The highest BCUT2D eigenvalue weighted by Gasteiger charge is 2.46. The highest BCUT2D eigenvalue weighted by Crippen LogP contribution is 2.41. The lowest BCUT2D eigenvalue weighted by molar-refractivity contribution is -0.385. The molecule has 0 saturated carbocycles. The molecule has 1 fully saturated rings. The molecule has 2 aromatic carbocycles. The van der Waals surface area contributed by atoms with Crippen LogP contribution in [0.1, 0.15) is 16.7 Å². The number of hydrogen-bond acceptors (Lipinski definition) is 8. The lowest BCUT2D eigenvalue weighted by atomic mass is 9.86. The van der Waals surface area contributed by atoms with E-state index in [-0.39, 0.29) is 41.8 Å². The lowest BCUT2D eigenvalue weighted by Gasteiger charge is -2.45. The number of allylic oxidation sites excluding steroid dienone is 1. The molecule has 4 rings (SSSR count). The van der Waals surface area contributed by atoms with E-state index in [2.05, 4.69) is 4.40 Å². The number of ether oxygens (including phenoxy) is 1. The van der Waals surface area contributed by atoms with Gasteiger partial charge in [-0.1, -0.05) is 30.3 Å². The minimum absolute atomic E-state index is 0.0527. The minimum Gasteiger partial charge on any atom is -0.395 e. The lowest BCUT2D eigenvalue weighted by Crippen LogP contribution is -2.50. The number of hydrogen-bond donors (Lipinski definition) is 2. The Hall–Kier alpha value is -3.12. The van der Waals surface area contributed by atoms with Gasteiger partial charge in [-0.15, -0.1) is 0 Å². The van der Waals surface area contributed by atoms with Gasteiger partial charge in [0.1, 0.15) is 0 Å². The average molecular weight is 459 g/mol. The highest BCUT2D eigenvalue weighted by atomic mass is 32.2. The molecule has 1 saturated heterocycles. The van der Waals surface area contributed by atoms with Crippen molar-refractivity contribution in [1.82, 2.24) is 4.90 Å². The second kappa shape index (κ2) is 8.10. The number of sulfonamides is 1. The molecule has 1 heterocycles. The standard InChI is InChI=1S/C21H21N3O7S/c1-14-6-7-15(12-19(14)24(27)28)32(29,30)22-18-13-20-21(26,17-5-3-2-4-16(17)18)31-11-9-23(20)8-10-25/h2-7,12-13,25-26H,8-11H2,1H3/t21-/m0/s1. The van der Waals surface area contributed by atoms with Crippen LogP contribution in [0.15, 0.2) is 63.5 Å². The molecule has 10 nitrogen and oxygen atoms in total. The van der Waals surface area contributed by atoms with Crippen molar-refractivity contribution in [3.05, 3.63) is 81.0 Å². The molecular formula is C21H21N3O7S. The fourth-order valence-electron chi connectivity index (χ4n) is 3.88. The molecule has 2 aromatic rings. The maximum absolute atomic E-state index is 13.1. The number of nitrogens with zero attached hydrogens (tertiary/aromatic N) is 3. The summed E-state index contributed by atoms with van der Waals surface area (Å²) in [5.74, 6) is -1.81. The SMILES string of the molecule is Cc1ccc(S(=O)(=O)N=C2C=C3N(CCO)CCO[C@@]3(O)c3ccccc32)cc1[N+](=O)[O-]. The Morgan fingerprint density at radius 2 is 2.03 bits per heavy atom. The van der Waals surface area contributed by atoms with E-state index in [0.717, 1.165) is 6.07 Å². The van der Waals surface area contributed by atoms with Crippen molar-refractivity contribution in [2.24, 2.45) is 4.40 Å². The molecule has 0 aromatic heterocycles. The number of nitro benzene ring substituents is 1. The number of morpholine rings is 1. The Morgan fingerprint density at radius 3 is 2.75 bits per heavy atom. The van der Waals surface area contributed by atoms with Crippen LogP contribution in [0.5, 0.6) is 0 Å². The zero-order valence-corrected chi connectivity index (χ0v) is 17.9. The third-order valence-corrected chi connectivity index (χ3v) is 6.75. The van der Waals surface area contributed by atoms with Crippen molar-refractivity contribution in [1.29, 1.82) is 0 Å². The topological polar surface area (TPSA) is 143 Å². The zero-order valence-electron chi connectivity index (χ0n) is 17.1. The van der Waals surface area contributed by atoms with Crippen molar-refractivity contribution < 1.29 is 28.3 Å². The Bertz CT molecular complexity index is 1250. The quantitative estimate of drug-likeness (QED) is 0.505. The van der Waals surface area contributed by atoms with Crippen LogP contribution in [-0.4, -0.2) is 60.5 Å². The summed E-state index contributed by atoms with van der Waals surface area (Å²) < 4.78 is 35.7. The van der Waals surface area contributed by atoms with Gasteiger partial charge in [0.25, 0.3) is 15.7 Å². The van der Waals surface area contributed by atoms with Gasteiger partial charge in [0, 0.05) is 35.8 Å². The molecule has 1 aliphatic heterocycles. The number of rotatable bonds is 5. The van der Waals surface area contributed by atoms with Crippen LogP contribution in [0.25, 0.3) is 0 Å². The normalized spacial score (nSPS) is 21.7. The van der Waals surface area contributed by atoms with Crippen molar-refractivity contribution >= 4 is 21.4 Å². The first kappa shape index (κ1) is 22.1. The number of fused-ring (bicyclic) bond motifs is 3. The molecule has 32 heavy (non-hydrogen) atoms. The van der Waals surface area contributed by atoms with E-state index in [1.165, 1.54) is 25.1 Å². The molecule has 2 N–H and O–H groups in total. The highest BCUT2D eigenvalue weighted by molar-refractivity contribution is 7.90. The zero-order chi connectivity index (χ0) is 23.1. The largest absolute Gasteiger partial charge is 0.395 e. The Morgan fingerprint density at radius 1 is 1.28 bits per heavy atom. The molecular weight excluding hydrogens is 438 g/mol. The van der Waals surface area contributed by atoms with Gasteiger partial charge in [-0.05, 0) is 19.1 Å². The summed E-state index contributed by atoms with van der Waals surface area (Å²) in [5, 5.41) is 32.0. The van der Waals surface area contributed by atoms with E-state index in [0.29, 0.717) is 23.2 Å². The predicted molar refractivity (Wildman–Crippen MR) is 115 cm³/mol. The molecule has 1 atom stereocenters. The summed E-state index contributed by atoms with van der Waals surface area (Å²) in [4.78, 5) is 12.0. The first-order valence-corrected chi connectivity index (χ1v) is 11.3. The molecule has 11 heteroatoms. The molecule has 0 bridgehead atoms. The first-order chi connectivity index (χ1) is 15.2. The van der Waals surface area contributed by atoms with Gasteiger partial charge in [0.2, 0.25) is 5.79 Å².